The first-order valence-corrected chi connectivity index (χ1v) is 4.25. The Balaban J connectivity index is 2.60. The van der Waals surface area contributed by atoms with Gasteiger partial charge in [-0.1, -0.05) is 18.2 Å². The molecule has 0 bridgehead atoms. The van der Waals surface area contributed by atoms with Crippen LogP contribution in [0, 0.1) is 0 Å². The molecular formula is C11H14O2. The predicted molar refractivity (Wildman–Crippen MR) is 52.7 cm³/mol. The van der Waals surface area contributed by atoms with Crippen molar-refractivity contribution in [2.24, 2.45) is 0 Å². The average molecular weight is 178 g/mol. The quantitative estimate of drug-likeness (QED) is 0.718. The fourth-order valence-electron chi connectivity index (χ4n) is 1.05. The van der Waals surface area contributed by atoms with Gasteiger partial charge in [0.1, 0.15) is 5.75 Å². The van der Waals surface area contributed by atoms with Crippen molar-refractivity contribution in [1.82, 2.24) is 0 Å². The molecule has 0 heterocycles. The molecule has 0 aromatic heterocycles. The normalized spacial score (nSPS) is 12.4. The van der Waals surface area contributed by atoms with Crippen molar-refractivity contribution in [3.05, 3.63) is 42.5 Å². The maximum Gasteiger partial charge on any atom is 0.115 e. The summed E-state index contributed by atoms with van der Waals surface area (Å²) in [7, 11) is 0. The molecule has 1 rings (SSSR count). The minimum atomic E-state index is 0.0404. The van der Waals surface area contributed by atoms with Gasteiger partial charge in [0.05, 0.1) is 12.7 Å². The van der Waals surface area contributed by atoms with Crippen LogP contribution in [0.2, 0.25) is 0 Å². The smallest absolute Gasteiger partial charge is 0.115 e. The van der Waals surface area contributed by atoms with Gasteiger partial charge in [0, 0.05) is 0 Å². The van der Waals surface area contributed by atoms with Gasteiger partial charge in [0.25, 0.3) is 0 Å². The van der Waals surface area contributed by atoms with Crippen LogP contribution in [-0.4, -0.2) is 11.7 Å². The molecular weight excluding hydrogens is 164 g/mol. The molecule has 1 atom stereocenters. The first-order valence-electron chi connectivity index (χ1n) is 4.25. The Morgan fingerprint density at radius 2 is 2.08 bits per heavy atom. The van der Waals surface area contributed by atoms with Crippen LogP contribution < -0.4 is 0 Å². The van der Waals surface area contributed by atoms with Gasteiger partial charge in [-0.3, -0.25) is 0 Å². The summed E-state index contributed by atoms with van der Waals surface area (Å²) in [6, 6.07) is 7.01. The zero-order valence-electron chi connectivity index (χ0n) is 7.73. The molecule has 0 saturated heterocycles. The van der Waals surface area contributed by atoms with Gasteiger partial charge in [0.15, 0.2) is 0 Å². The zero-order valence-corrected chi connectivity index (χ0v) is 7.73. The highest BCUT2D eigenvalue weighted by Gasteiger charge is 2.03. The number of phenolic OH excluding ortho intramolecular Hbond substituents is 1. The Hall–Kier alpha value is -1.28. The van der Waals surface area contributed by atoms with E-state index in [1.54, 1.807) is 18.2 Å². The van der Waals surface area contributed by atoms with Gasteiger partial charge < -0.3 is 9.84 Å². The Morgan fingerprint density at radius 1 is 1.46 bits per heavy atom. The molecule has 0 aliphatic carbocycles. The first kappa shape index (κ1) is 9.81. The molecule has 1 unspecified atom stereocenters. The Labute approximate surface area is 78.5 Å². The van der Waals surface area contributed by atoms with Crippen LogP contribution in [0.15, 0.2) is 36.9 Å². The third-order valence-electron chi connectivity index (χ3n) is 1.83. The SMILES string of the molecule is C=CCOC(C)c1ccc(O)cc1. The summed E-state index contributed by atoms with van der Waals surface area (Å²) in [5.41, 5.74) is 1.06. The van der Waals surface area contributed by atoms with Crippen molar-refractivity contribution < 1.29 is 9.84 Å². The molecule has 0 fully saturated rings. The summed E-state index contributed by atoms with van der Waals surface area (Å²) >= 11 is 0. The fraction of sp³-hybridized carbons (Fsp3) is 0.273. The molecule has 70 valence electrons. The van der Waals surface area contributed by atoms with E-state index in [1.165, 1.54) is 0 Å². The summed E-state index contributed by atoms with van der Waals surface area (Å²) in [6.07, 6.45) is 1.76. The third-order valence-corrected chi connectivity index (χ3v) is 1.83. The van der Waals surface area contributed by atoms with Gasteiger partial charge in [0.2, 0.25) is 0 Å². The van der Waals surface area contributed by atoms with Crippen molar-refractivity contribution in [1.29, 1.82) is 0 Å². The molecule has 1 aromatic carbocycles. The highest BCUT2D eigenvalue weighted by molar-refractivity contribution is 5.27. The topological polar surface area (TPSA) is 29.5 Å². The molecule has 1 N–H and O–H groups in total. The number of phenols is 1. The van der Waals surface area contributed by atoms with E-state index in [0.717, 1.165) is 5.56 Å². The fourth-order valence-corrected chi connectivity index (χ4v) is 1.05. The lowest BCUT2D eigenvalue weighted by Gasteiger charge is -2.11. The second kappa shape index (κ2) is 4.67. The van der Waals surface area contributed by atoms with Gasteiger partial charge in [-0.25, -0.2) is 0 Å². The molecule has 2 heteroatoms. The number of rotatable bonds is 4. The van der Waals surface area contributed by atoms with Gasteiger partial charge >= 0.3 is 0 Å². The van der Waals surface area contributed by atoms with Crippen LogP contribution in [0.3, 0.4) is 0 Å². The van der Waals surface area contributed by atoms with Crippen molar-refractivity contribution in [2.75, 3.05) is 6.61 Å². The molecule has 2 nitrogen and oxygen atoms in total. The van der Waals surface area contributed by atoms with E-state index in [-0.39, 0.29) is 11.9 Å². The molecule has 0 amide bonds. The van der Waals surface area contributed by atoms with E-state index in [2.05, 4.69) is 6.58 Å². The van der Waals surface area contributed by atoms with Crippen LogP contribution in [0.25, 0.3) is 0 Å². The lowest BCUT2D eigenvalue weighted by Crippen LogP contribution is -1.99. The molecule has 0 saturated carbocycles. The van der Waals surface area contributed by atoms with Crippen LogP contribution in [0.5, 0.6) is 5.75 Å². The second-order valence-electron chi connectivity index (χ2n) is 2.86. The maximum atomic E-state index is 9.06. The van der Waals surface area contributed by atoms with Crippen LogP contribution >= 0.6 is 0 Å². The van der Waals surface area contributed by atoms with Gasteiger partial charge in [-0.2, -0.15) is 0 Å². The van der Waals surface area contributed by atoms with Gasteiger partial charge in [-0.05, 0) is 24.6 Å². The summed E-state index contributed by atoms with van der Waals surface area (Å²) in [5, 5.41) is 9.06. The van der Waals surface area contributed by atoms with E-state index in [0.29, 0.717) is 6.61 Å². The van der Waals surface area contributed by atoms with E-state index in [1.807, 2.05) is 19.1 Å². The minimum absolute atomic E-state index is 0.0404. The first-order chi connectivity index (χ1) is 6.24. The minimum Gasteiger partial charge on any atom is -0.508 e. The summed E-state index contributed by atoms with van der Waals surface area (Å²) < 4.78 is 5.42. The van der Waals surface area contributed by atoms with Crippen LogP contribution in [-0.2, 0) is 4.74 Å². The summed E-state index contributed by atoms with van der Waals surface area (Å²) in [5.74, 6) is 0.277. The molecule has 0 aliphatic rings. The third kappa shape index (κ3) is 2.92. The highest BCUT2D eigenvalue weighted by atomic mass is 16.5. The predicted octanol–water partition coefficient (Wildman–Crippen LogP) is 2.66. The van der Waals surface area contributed by atoms with Crippen molar-refractivity contribution in [2.45, 2.75) is 13.0 Å². The Bertz CT molecular complexity index is 264. The van der Waals surface area contributed by atoms with E-state index >= 15 is 0 Å². The zero-order chi connectivity index (χ0) is 9.68. The number of ether oxygens (including phenoxy) is 1. The molecule has 0 aliphatic heterocycles. The van der Waals surface area contributed by atoms with E-state index < -0.39 is 0 Å². The number of hydrogen-bond acceptors (Lipinski definition) is 2. The number of hydrogen-bond donors (Lipinski definition) is 1. The summed E-state index contributed by atoms with van der Waals surface area (Å²) in [4.78, 5) is 0. The molecule has 1 aromatic rings. The Kier molecular flexibility index (Phi) is 3.53. The highest BCUT2D eigenvalue weighted by Crippen LogP contribution is 2.19. The van der Waals surface area contributed by atoms with Crippen molar-refractivity contribution in [3.63, 3.8) is 0 Å². The standard InChI is InChI=1S/C11H14O2/c1-3-8-13-9(2)10-4-6-11(12)7-5-10/h3-7,9,12H,1,8H2,2H3. The average Bonchev–Trinajstić information content (AvgIpc) is 2.15. The lowest BCUT2D eigenvalue weighted by atomic mass is 10.1. The van der Waals surface area contributed by atoms with Crippen molar-refractivity contribution in [3.8, 4) is 5.75 Å². The lowest BCUT2D eigenvalue weighted by molar-refractivity contribution is 0.0887. The molecule has 0 spiro atoms. The summed E-state index contributed by atoms with van der Waals surface area (Å²) in [6.45, 7) is 6.09. The maximum absolute atomic E-state index is 9.06. The van der Waals surface area contributed by atoms with Crippen LogP contribution in [0.1, 0.15) is 18.6 Å². The van der Waals surface area contributed by atoms with E-state index in [9.17, 15) is 0 Å². The monoisotopic (exact) mass is 178 g/mol. The van der Waals surface area contributed by atoms with Crippen LogP contribution in [0.4, 0.5) is 0 Å². The van der Waals surface area contributed by atoms with Crippen molar-refractivity contribution >= 4 is 0 Å². The Morgan fingerprint density at radius 3 is 2.62 bits per heavy atom. The number of aromatic hydroxyl groups is 1. The van der Waals surface area contributed by atoms with E-state index in [4.69, 9.17) is 9.84 Å². The second-order valence-corrected chi connectivity index (χ2v) is 2.86. The van der Waals surface area contributed by atoms with Gasteiger partial charge in [-0.15, -0.1) is 6.58 Å². The molecule has 13 heavy (non-hydrogen) atoms. The molecule has 0 radical (unpaired) electrons. The largest absolute Gasteiger partial charge is 0.508 e. The number of benzene rings is 1.